The smallest absolute Gasteiger partial charge is 0.373 e. The highest BCUT2D eigenvalue weighted by Crippen LogP contribution is 2.35. The van der Waals surface area contributed by atoms with Crippen molar-refractivity contribution in [2.24, 2.45) is 5.92 Å². The summed E-state index contributed by atoms with van der Waals surface area (Å²) in [4.78, 5) is 4.40. The highest BCUT2D eigenvalue weighted by Gasteiger charge is 2.36. The van der Waals surface area contributed by atoms with Crippen LogP contribution in [-0.4, -0.2) is 60.0 Å². The second-order valence-corrected chi connectivity index (χ2v) is 8.08. The third-order valence-corrected chi connectivity index (χ3v) is 5.92. The average Bonchev–Trinajstić information content (AvgIpc) is 3.03. The second kappa shape index (κ2) is 7.75. The van der Waals surface area contributed by atoms with Gasteiger partial charge < -0.3 is 9.64 Å². The molecule has 0 bridgehead atoms. The summed E-state index contributed by atoms with van der Waals surface area (Å²) in [5, 5.41) is 6.53. The number of ether oxygens (including phenoxy) is 1. The third kappa shape index (κ3) is 5.04. The number of piperidine rings is 1. The van der Waals surface area contributed by atoms with Crippen LogP contribution in [0.1, 0.15) is 38.1 Å². The third-order valence-electron chi connectivity index (χ3n) is 4.89. The Hall–Kier alpha value is -0.930. The Balaban J connectivity index is 1.43. The molecule has 3 rings (SSSR count). The van der Waals surface area contributed by atoms with Crippen LogP contribution in [0.15, 0.2) is 0 Å². The highest BCUT2D eigenvalue weighted by atomic mass is 32.1. The van der Waals surface area contributed by atoms with Crippen molar-refractivity contribution in [3.63, 3.8) is 0 Å². The minimum atomic E-state index is -4.40. The highest BCUT2D eigenvalue weighted by molar-refractivity contribution is 7.15. The van der Waals surface area contributed by atoms with E-state index in [1.165, 1.54) is 0 Å². The SMILES string of the molecule is CC1CN(CCC2CCN(c3nnc(C(F)(F)F)s3)CC2)CC(C)O1. The predicted molar refractivity (Wildman–Crippen MR) is 90.9 cm³/mol. The summed E-state index contributed by atoms with van der Waals surface area (Å²) in [6, 6.07) is 0. The van der Waals surface area contributed by atoms with Crippen LogP contribution in [0.2, 0.25) is 0 Å². The Labute approximate surface area is 150 Å². The van der Waals surface area contributed by atoms with E-state index in [0.717, 1.165) is 52.0 Å². The number of nitrogens with zero attached hydrogens (tertiary/aromatic N) is 4. The number of alkyl halides is 3. The van der Waals surface area contributed by atoms with E-state index in [9.17, 15) is 13.2 Å². The lowest BCUT2D eigenvalue weighted by Crippen LogP contribution is -2.46. The maximum absolute atomic E-state index is 12.6. The van der Waals surface area contributed by atoms with Gasteiger partial charge in [-0.25, -0.2) is 0 Å². The van der Waals surface area contributed by atoms with Crippen molar-refractivity contribution in [2.45, 2.75) is 51.5 Å². The fraction of sp³-hybridized carbons (Fsp3) is 0.875. The molecule has 0 aliphatic carbocycles. The van der Waals surface area contributed by atoms with Crippen molar-refractivity contribution in [3.05, 3.63) is 5.01 Å². The lowest BCUT2D eigenvalue weighted by Gasteiger charge is -2.37. The van der Waals surface area contributed by atoms with Crippen LogP contribution >= 0.6 is 11.3 Å². The molecule has 0 amide bonds. The molecule has 2 aliphatic heterocycles. The van der Waals surface area contributed by atoms with Crippen LogP contribution in [0.3, 0.4) is 0 Å². The topological polar surface area (TPSA) is 41.5 Å². The van der Waals surface area contributed by atoms with Crippen molar-refractivity contribution >= 4 is 16.5 Å². The molecule has 0 aromatic carbocycles. The molecule has 0 radical (unpaired) electrons. The molecular weight excluding hydrogens is 353 g/mol. The molecule has 25 heavy (non-hydrogen) atoms. The number of halogens is 3. The van der Waals surface area contributed by atoms with E-state index < -0.39 is 11.2 Å². The Morgan fingerprint density at radius 3 is 2.32 bits per heavy atom. The van der Waals surface area contributed by atoms with Crippen LogP contribution in [-0.2, 0) is 10.9 Å². The summed E-state index contributed by atoms with van der Waals surface area (Å²) in [6.07, 6.45) is -0.707. The van der Waals surface area contributed by atoms with Crippen molar-refractivity contribution in [1.82, 2.24) is 15.1 Å². The molecule has 1 aromatic heterocycles. The largest absolute Gasteiger partial charge is 0.445 e. The van der Waals surface area contributed by atoms with Gasteiger partial charge in [0.2, 0.25) is 10.1 Å². The van der Waals surface area contributed by atoms with Crippen LogP contribution in [0.4, 0.5) is 18.3 Å². The fourth-order valence-corrected chi connectivity index (χ4v) is 4.47. The van der Waals surface area contributed by atoms with Crippen molar-refractivity contribution in [3.8, 4) is 0 Å². The van der Waals surface area contributed by atoms with Crippen molar-refractivity contribution in [1.29, 1.82) is 0 Å². The van der Waals surface area contributed by atoms with Crippen LogP contribution < -0.4 is 4.90 Å². The summed E-state index contributed by atoms with van der Waals surface area (Å²) >= 11 is 0.641. The second-order valence-electron chi connectivity index (χ2n) is 7.12. The van der Waals surface area contributed by atoms with Crippen LogP contribution in [0.5, 0.6) is 0 Å². The van der Waals surface area contributed by atoms with E-state index in [1.807, 2.05) is 4.90 Å². The number of anilines is 1. The maximum Gasteiger partial charge on any atom is 0.445 e. The summed E-state index contributed by atoms with van der Waals surface area (Å²) in [5.41, 5.74) is 0. The summed E-state index contributed by atoms with van der Waals surface area (Å²) < 4.78 is 43.7. The first-order chi connectivity index (χ1) is 11.8. The lowest BCUT2D eigenvalue weighted by molar-refractivity contribution is -0.138. The molecule has 2 saturated heterocycles. The Bertz CT molecular complexity index is 550. The molecule has 2 atom stereocenters. The molecule has 0 spiro atoms. The van der Waals surface area contributed by atoms with Gasteiger partial charge in [0.15, 0.2) is 0 Å². The molecular formula is C16H25F3N4OS. The Kier molecular flexibility index (Phi) is 5.85. The van der Waals surface area contributed by atoms with Gasteiger partial charge in [-0.15, -0.1) is 10.2 Å². The Morgan fingerprint density at radius 2 is 1.76 bits per heavy atom. The molecule has 0 saturated carbocycles. The summed E-state index contributed by atoms with van der Waals surface area (Å²) in [6.45, 7) is 8.76. The molecule has 2 fully saturated rings. The number of hydrogen-bond donors (Lipinski definition) is 0. The lowest BCUT2D eigenvalue weighted by atomic mass is 9.93. The van der Waals surface area contributed by atoms with E-state index in [0.29, 0.717) is 22.4 Å². The van der Waals surface area contributed by atoms with E-state index in [1.54, 1.807) is 0 Å². The zero-order valence-corrected chi connectivity index (χ0v) is 15.4. The van der Waals surface area contributed by atoms with E-state index in [-0.39, 0.29) is 12.2 Å². The molecule has 0 N–H and O–H groups in total. The number of rotatable bonds is 4. The monoisotopic (exact) mass is 378 g/mol. The Morgan fingerprint density at radius 1 is 1.12 bits per heavy atom. The number of aromatic nitrogens is 2. The molecule has 1 aromatic rings. The maximum atomic E-state index is 12.6. The van der Waals surface area contributed by atoms with Gasteiger partial charge in [0.25, 0.3) is 0 Å². The zero-order valence-electron chi connectivity index (χ0n) is 14.6. The van der Waals surface area contributed by atoms with Crippen LogP contribution in [0, 0.1) is 5.92 Å². The first kappa shape index (κ1) is 18.8. The minimum absolute atomic E-state index is 0.283. The quantitative estimate of drug-likeness (QED) is 0.804. The van der Waals surface area contributed by atoms with Gasteiger partial charge in [-0.3, -0.25) is 4.90 Å². The van der Waals surface area contributed by atoms with Gasteiger partial charge in [0, 0.05) is 26.2 Å². The molecule has 3 heterocycles. The standard InChI is InChI=1S/C16H25F3N4OS/c1-11-9-22(10-12(2)24-11)6-3-13-4-7-23(8-5-13)15-21-20-14(25-15)16(17,18)19/h11-13H,3-10H2,1-2H3. The van der Waals surface area contributed by atoms with Gasteiger partial charge >= 0.3 is 6.18 Å². The number of hydrogen-bond acceptors (Lipinski definition) is 6. The molecule has 142 valence electrons. The van der Waals surface area contributed by atoms with Gasteiger partial charge in [0.05, 0.1) is 12.2 Å². The summed E-state index contributed by atoms with van der Waals surface area (Å²) in [5.74, 6) is 0.625. The zero-order chi connectivity index (χ0) is 18.0. The normalized spacial score (nSPS) is 27.0. The predicted octanol–water partition coefficient (Wildman–Crippen LogP) is 3.27. The molecule has 9 heteroatoms. The van der Waals surface area contributed by atoms with Gasteiger partial charge in [-0.05, 0) is 45.6 Å². The molecule has 5 nitrogen and oxygen atoms in total. The van der Waals surface area contributed by atoms with E-state index in [4.69, 9.17) is 4.74 Å². The van der Waals surface area contributed by atoms with E-state index in [2.05, 4.69) is 28.9 Å². The van der Waals surface area contributed by atoms with E-state index >= 15 is 0 Å². The fourth-order valence-electron chi connectivity index (χ4n) is 3.70. The first-order valence-corrected chi connectivity index (χ1v) is 9.66. The minimum Gasteiger partial charge on any atom is -0.373 e. The molecule has 2 aliphatic rings. The average molecular weight is 378 g/mol. The van der Waals surface area contributed by atoms with Crippen molar-refractivity contribution in [2.75, 3.05) is 37.6 Å². The van der Waals surface area contributed by atoms with Crippen LogP contribution in [0.25, 0.3) is 0 Å². The van der Waals surface area contributed by atoms with Gasteiger partial charge in [-0.1, -0.05) is 11.3 Å². The number of morpholine rings is 1. The van der Waals surface area contributed by atoms with Gasteiger partial charge in [-0.2, -0.15) is 13.2 Å². The molecule has 2 unspecified atom stereocenters. The summed E-state index contributed by atoms with van der Waals surface area (Å²) in [7, 11) is 0. The van der Waals surface area contributed by atoms with Crippen molar-refractivity contribution < 1.29 is 17.9 Å². The van der Waals surface area contributed by atoms with Gasteiger partial charge in [0.1, 0.15) is 0 Å². The first-order valence-electron chi connectivity index (χ1n) is 8.84.